The molecule has 0 spiro atoms. The zero-order chi connectivity index (χ0) is 25.4. The van der Waals surface area contributed by atoms with Gasteiger partial charge in [-0.25, -0.2) is 4.39 Å². The van der Waals surface area contributed by atoms with Gasteiger partial charge in [0.2, 0.25) is 0 Å². The molecule has 2 saturated carbocycles. The summed E-state index contributed by atoms with van der Waals surface area (Å²) in [6.07, 6.45) is 5.08. The second-order valence-electron chi connectivity index (χ2n) is 10.5. The number of carboxylic acid groups (broad SMARTS) is 1. The number of carbonyl (C=O) groups excluding carboxylic acids is 2. The molecule has 2 aliphatic rings. The molecule has 1 atom stereocenters. The fraction of sp³-hybridized carbons (Fsp3) is 0.481. The Morgan fingerprint density at radius 1 is 1.22 bits per heavy atom. The van der Waals surface area contributed by atoms with Crippen molar-refractivity contribution in [1.29, 1.82) is 0 Å². The van der Waals surface area contributed by atoms with Gasteiger partial charge in [0.15, 0.2) is 11.5 Å². The number of benzene rings is 1. The maximum absolute atomic E-state index is 13.4. The van der Waals surface area contributed by atoms with Crippen molar-refractivity contribution in [2.75, 3.05) is 0 Å². The molecule has 0 bridgehead atoms. The molecule has 2 aliphatic carbocycles. The molecule has 7 nitrogen and oxygen atoms in total. The van der Waals surface area contributed by atoms with Gasteiger partial charge in [-0.1, -0.05) is 34.9 Å². The van der Waals surface area contributed by atoms with Crippen LogP contribution in [0.25, 0.3) is 11.5 Å². The number of aliphatic carboxylic acids is 1. The van der Waals surface area contributed by atoms with E-state index in [2.05, 4.69) is 17.2 Å². The Kier molecular flexibility index (Phi) is 8.63. The Bertz CT molecular complexity index is 1300. The van der Waals surface area contributed by atoms with Gasteiger partial charge in [-0.3, -0.25) is 4.79 Å². The van der Waals surface area contributed by atoms with Crippen molar-refractivity contribution < 1.29 is 57.7 Å². The van der Waals surface area contributed by atoms with Crippen LogP contribution in [0.4, 0.5) is 4.39 Å². The number of rotatable bonds is 12. The third-order valence-corrected chi connectivity index (χ3v) is 7.55. The summed E-state index contributed by atoms with van der Waals surface area (Å²) in [4.78, 5) is 24.2. The summed E-state index contributed by atoms with van der Waals surface area (Å²) in [6.45, 7) is 2.22. The molecule has 5 rings (SSSR count). The molecule has 1 aromatic carbocycles. The third-order valence-electron chi connectivity index (χ3n) is 7.20. The average molecular weight is 537 g/mol. The molecule has 2 aromatic heterocycles. The van der Waals surface area contributed by atoms with E-state index in [-0.39, 0.29) is 77.4 Å². The van der Waals surface area contributed by atoms with Crippen LogP contribution in [0.3, 0.4) is 0 Å². The normalized spacial score (nSPS) is 16.7. The van der Waals surface area contributed by atoms with Gasteiger partial charge in [0, 0.05) is 47.8 Å². The van der Waals surface area contributed by atoms with E-state index in [1.54, 1.807) is 0 Å². The van der Waals surface area contributed by atoms with Crippen LogP contribution in [-0.2, 0) is 22.4 Å². The average Bonchev–Trinajstić information content (AvgIpc) is 3.70. The first kappa shape index (κ1) is 28.0. The summed E-state index contributed by atoms with van der Waals surface area (Å²) in [6, 6.07) is 5.80. The van der Waals surface area contributed by atoms with E-state index in [0.717, 1.165) is 30.6 Å². The molecule has 3 aromatic rings. The fourth-order valence-electron chi connectivity index (χ4n) is 4.72. The monoisotopic (exact) mass is 536 g/mol. The van der Waals surface area contributed by atoms with E-state index in [0.29, 0.717) is 22.7 Å². The number of ketones is 1. The summed E-state index contributed by atoms with van der Waals surface area (Å²) >= 11 is 6.10. The molecular weight excluding hydrogens is 510 g/mol. The number of nitrogens with zero attached hydrogens (tertiary/aromatic N) is 2. The Hall–Kier alpha value is -2.00. The maximum atomic E-state index is 13.4. The molecule has 2 heterocycles. The van der Waals surface area contributed by atoms with E-state index in [4.69, 9.17) is 20.6 Å². The van der Waals surface area contributed by atoms with Gasteiger partial charge in [-0.15, -0.1) is 0 Å². The van der Waals surface area contributed by atoms with Gasteiger partial charge in [0.05, 0.1) is 5.69 Å². The van der Waals surface area contributed by atoms with Crippen LogP contribution < -0.4 is 34.7 Å². The van der Waals surface area contributed by atoms with E-state index in [9.17, 15) is 19.1 Å². The molecule has 0 unspecified atom stereocenters. The van der Waals surface area contributed by atoms with Gasteiger partial charge >= 0.3 is 29.6 Å². The van der Waals surface area contributed by atoms with Crippen LogP contribution in [0, 0.1) is 11.2 Å². The first-order chi connectivity index (χ1) is 17.2. The Morgan fingerprint density at radius 2 is 1.97 bits per heavy atom. The van der Waals surface area contributed by atoms with Crippen LogP contribution in [0.5, 0.6) is 0 Å². The molecule has 0 amide bonds. The summed E-state index contributed by atoms with van der Waals surface area (Å²) in [5.41, 5.74) is 2.82. The van der Waals surface area contributed by atoms with Gasteiger partial charge in [0.1, 0.15) is 17.4 Å². The quantitative estimate of drug-likeness (QED) is 0.326. The number of halogens is 2. The number of hydrogen-bond acceptors (Lipinski definition) is 7. The Labute approximate surface area is 241 Å². The van der Waals surface area contributed by atoms with E-state index < -0.39 is 17.7 Å². The minimum atomic E-state index is -1.19. The fourth-order valence-corrected chi connectivity index (χ4v) is 4.96. The number of carbonyl (C=O) groups is 2. The maximum Gasteiger partial charge on any atom is 1.00 e. The number of carboxylic acids is 1. The largest absolute Gasteiger partial charge is 1.00 e. The van der Waals surface area contributed by atoms with E-state index >= 15 is 0 Å². The molecule has 0 aliphatic heterocycles. The summed E-state index contributed by atoms with van der Waals surface area (Å²) in [5.74, 6) is -0.760. The molecule has 190 valence electrons. The number of aromatic nitrogens is 2. The van der Waals surface area contributed by atoms with Crippen LogP contribution in [0.2, 0.25) is 5.02 Å². The van der Waals surface area contributed by atoms with Crippen molar-refractivity contribution in [3.05, 3.63) is 57.7 Å². The molecule has 0 radical (unpaired) electrons. The van der Waals surface area contributed by atoms with Crippen molar-refractivity contribution >= 4 is 23.4 Å². The van der Waals surface area contributed by atoms with Crippen LogP contribution in [0.15, 0.2) is 33.3 Å². The molecule has 10 heteroatoms. The number of Topliss-reactive ketones (excluding diaryl/α,β-unsaturated/α-hetero) is 1. The minimum absolute atomic E-state index is 0. The van der Waals surface area contributed by atoms with Gasteiger partial charge in [0.25, 0.3) is 0 Å². The number of hydrogen-bond donors (Lipinski definition) is 0. The first-order valence-electron chi connectivity index (χ1n) is 12.3. The SMILES string of the molecule is CC1(Cc2cc(-c3onc([C@@H](CCC(=O)[O-])CC(=O)Cc4ccc(F)cc4Cl)c3C3CC3)no2)CC1.[Na+]. The van der Waals surface area contributed by atoms with Gasteiger partial charge in [-0.05, 0) is 67.6 Å². The van der Waals surface area contributed by atoms with Crippen molar-refractivity contribution in [2.45, 2.75) is 76.5 Å². The third kappa shape index (κ3) is 6.91. The van der Waals surface area contributed by atoms with E-state index in [1.807, 2.05) is 6.07 Å². The second kappa shape index (κ2) is 11.4. The second-order valence-corrected chi connectivity index (χ2v) is 10.9. The van der Waals surface area contributed by atoms with Crippen molar-refractivity contribution in [2.24, 2.45) is 5.41 Å². The summed E-state index contributed by atoms with van der Waals surface area (Å²) in [5, 5.41) is 20.0. The van der Waals surface area contributed by atoms with Gasteiger partial charge in [-0.2, -0.15) is 0 Å². The van der Waals surface area contributed by atoms with Gasteiger partial charge < -0.3 is 18.9 Å². The standard InChI is InChI=1S/C27H28ClFN2O5.Na/c1-27(8-9-27)14-20-13-22(30-35-20)26-24(15-2-3-15)25(31-36-26)17(5-7-23(33)34)11-19(32)10-16-4-6-18(29)12-21(16)28;/h4,6,12-13,15,17H,2-3,5,7-11,14H2,1H3,(H,33,34);/q;+1/p-1/t17-;/m0./s1. The van der Waals surface area contributed by atoms with Crippen LogP contribution in [0.1, 0.15) is 86.3 Å². The molecule has 0 saturated heterocycles. The first-order valence-corrected chi connectivity index (χ1v) is 12.7. The Balaban J connectivity index is 0.00000320. The van der Waals surface area contributed by atoms with E-state index in [1.165, 1.54) is 31.0 Å². The summed E-state index contributed by atoms with van der Waals surface area (Å²) < 4.78 is 24.7. The van der Waals surface area contributed by atoms with Crippen molar-refractivity contribution in [3.8, 4) is 11.5 Å². The summed E-state index contributed by atoms with van der Waals surface area (Å²) in [7, 11) is 0. The van der Waals surface area contributed by atoms with Crippen LogP contribution in [-0.4, -0.2) is 22.1 Å². The molecule has 0 N–H and O–H groups in total. The Morgan fingerprint density at radius 3 is 2.62 bits per heavy atom. The predicted octanol–water partition coefficient (Wildman–Crippen LogP) is 2.16. The predicted molar refractivity (Wildman–Crippen MR) is 127 cm³/mol. The van der Waals surface area contributed by atoms with Crippen LogP contribution >= 0.6 is 11.6 Å². The molecule has 37 heavy (non-hydrogen) atoms. The van der Waals surface area contributed by atoms with Crippen molar-refractivity contribution in [1.82, 2.24) is 10.3 Å². The smallest absolute Gasteiger partial charge is 0.550 e. The molecule has 2 fully saturated rings. The zero-order valence-electron chi connectivity index (χ0n) is 21.0. The molecular formula is C27H27ClFN2NaO5. The topological polar surface area (TPSA) is 109 Å². The zero-order valence-corrected chi connectivity index (χ0v) is 23.8. The minimum Gasteiger partial charge on any atom is -0.550 e. The van der Waals surface area contributed by atoms with Crippen molar-refractivity contribution in [3.63, 3.8) is 0 Å².